The van der Waals surface area contributed by atoms with Crippen molar-refractivity contribution in [1.29, 1.82) is 0 Å². The molecule has 4 nitrogen and oxygen atoms in total. The van der Waals surface area contributed by atoms with Gasteiger partial charge in [-0.15, -0.1) is 0 Å². The van der Waals surface area contributed by atoms with Gasteiger partial charge in [0.1, 0.15) is 0 Å². The van der Waals surface area contributed by atoms with E-state index in [2.05, 4.69) is 22.4 Å². The Balaban J connectivity index is 1.66. The molecule has 0 bridgehead atoms. The first-order valence-electron chi connectivity index (χ1n) is 8.52. The Labute approximate surface area is 147 Å². The number of carbonyl (C=O) groups is 2. The Morgan fingerprint density at radius 1 is 1.04 bits per heavy atom. The zero-order valence-corrected chi connectivity index (χ0v) is 14.5. The molecule has 0 radical (unpaired) electrons. The van der Waals surface area contributed by atoms with E-state index in [1.807, 2.05) is 56.3 Å². The van der Waals surface area contributed by atoms with Crippen molar-refractivity contribution < 1.29 is 9.59 Å². The highest BCUT2D eigenvalue weighted by Gasteiger charge is 2.23. The third-order valence-electron chi connectivity index (χ3n) is 4.41. The minimum atomic E-state index is -0.548. The van der Waals surface area contributed by atoms with E-state index in [-0.39, 0.29) is 6.04 Å². The number of carbonyl (C=O) groups excluding carboxylic acids is 2. The van der Waals surface area contributed by atoms with E-state index in [0.29, 0.717) is 5.56 Å². The Kier molecular flexibility index (Phi) is 4.98. The van der Waals surface area contributed by atoms with Crippen LogP contribution in [0.5, 0.6) is 0 Å². The second-order valence-corrected chi connectivity index (χ2v) is 6.40. The first-order chi connectivity index (χ1) is 12.1. The molecular formula is C21H22N2O2. The monoisotopic (exact) mass is 334 g/mol. The van der Waals surface area contributed by atoms with E-state index in [1.54, 1.807) is 0 Å². The second-order valence-electron chi connectivity index (χ2n) is 6.40. The van der Waals surface area contributed by atoms with Crippen molar-refractivity contribution in [2.75, 3.05) is 0 Å². The van der Waals surface area contributed by atoms with Gasteiger partial charge in [-0.05, 0) is 38.3 Å². The molecule has 128 valence electrons. The molecule has 1 heterocycles. The van der Waals surface area contributed by atoms with Crippen LogP contribution in [0.25, 0.3) is 10.9 Å². The summed E-state index contributed by atoms with van der Waals surface area (Å²) in [5.41, 5.74) is 3.28. The van der Waals surface area contributed by atoms with Crippen LogP contribution in [0.3, 0.4) is 0 Å². The molecule has 1 amide bonds. The van der Waals surface area contributed by atoms with E-state index in [0.717, 1.165) is 29.4 Å². The van der Waals surface area contributed by atoms with Crippen molar-refractivity contribution in [1.82, 2.24) is 10.3 Å². The van der Waals surface area contributed by atoms with Crippen molar-refractivity contribution in [3.05, 3.63) is 71.4 Å². The van der Waals surface area contributed by atoms with Gasteiger partial charge in [0.15, 0.2) is 0 Å². The number of hydrogen-bond acceptors (Lipinski definition) is 2. The number of fused-ring (bicyclic) bond motifs is 1. The lowest BCUT2D eigenvalue weighted by atomic mass is 10.0. The van der Waals surface area contributed by atoms with Crippen LogP contribution in [0, 0.1) is 6.92 Å². The molecule has 25 heavy (non-hydrogen) atoms. The van der Waals surface area contributed by atoms with Crippen LogP contribution in [0.1, 0.15) is 35.0 Å². The van der Waals surface area contributed by atoms with Crippen molar-refractivity contribution >= 4 is 22.6 Å². The third-order valence-corrected chi connectivity index (χ3v) is 4.41. The summed E-state index contributed by atoms with van der Waals surface area (Å²) in [5.74, 6) is -1.03. The van der Waals surface area contributed by atoms with Gasteiger partial charge in [-0.2, -0.15) is 0 Å². The summed E-state index contributed by atoms with van der Waals surface area (Å²) >= 11 is 0. The summed E-state index contributed by atoms with van der Waals surface area (Å²) in [6, 6.07) is 17.6. The van der Waals surface area contributed by atoms with Gasteiger partial charge in [0.25, 0.3) is 11.7 Å². The molecule has 0 saturated heterocycles. The first-order valence-corrected chi connectivity index (χ1v) is 8.52. The van der Waals surface area contributed by atoms with E-state index in [4.69, 9.17) is 0 Å². The molecule has 3 aromatic rings. The van der Waals surface area contributed by atoms with E-state index < -0.39 is 11.7 Å². The normalized spacial score (nSPS) is 12.1. The fourth-order valence-corrected chi connectivity index (χ4v) is 3.07. The van der Waals surface area contributed by atoms with E-state index in [9.17, 15) is 9.59 Å². The molecule has 0 fully saturated rings. The molecule has 0 aliphatic heterocycles. The van der Waals surface area contributed by atoms with Gasteiger partial charge in [-0.25, -0.2) is 0 Å². The fraction of sp³-hybridized carbons (Fsp3) is 0.238. The first kappa shape index (κ1) is 17.0. The average Bonchev–Trinajstić information content (AvgIpc) is 2.96. The van der Waals surface area contributed by atoms with Crippen LogP contribution in [0.2, 0.25) is 0 Å². The molecule has 1 atom stereocenters. The van der Waals surface area contributed by atoms with Crippen LogP contribution in [-0.2, 0) is 11.2 Å². The maximum atomic E-state index is 12.6. The molecule has 0 aliphatic carbocycles. The maximum Gasteiger partial charge on any atom is 0.292 e. The molecule has 0 aliphatic rings. The molecule has 4 heteroatoms. The van der Waals surface area contributed by atoms with Crippen LogP contribution in [-0.4, -0.2) is 22.7 Å². The predicted octanol–water partition coefficient (Wildman–Crippen LogP) is 3.80. The number of rotatable bonds is 6. The highest BCUT2D eigenvalue weighted by molar-refractivity contribution is 6.45. The van der Waals surface area contributed by atoms with Crippen molar-refractivity contribution in [2.24, 2.45) is 0 Å². The summed E-state index contributed by atoms with van der Waals surface area (Å²) in [6.45, 7) is 3.75. The summed E-state index contributed by atoms with van der Waals surface area (Å²) in [6.07, 6.45) is 1.65. The number of H-pyrrole nitrogens is 1. The Bertz CT molecular complexity index is 897. The van der Waals surface area contributed by atoms with Crippen molar-refractivity contribution in [2.45, 2.75) is 32.7 Å². The largest absolute Gasteiger partial charge is 0.358 e. The minimum Gasteiger partial charge on any atom is -0.358 e. The quantitative estimate of drug-likeness (QED) is 0.532. The highest BCUT2D eigenvalue weighted by atomic mass is 16.2. The van der Waals surface area contributed by atoms with Gasteiger partial charge in [0.05, 0.1) is 5.56 Å². The SMILES string of the molecule is Cc1[nH]c2ccccc2c1C(=O)C(=O)N[C@@H](C)CCc1ccccc1. The second kappa shape index (κ2) is 7.34. The molecule has 2 N–H and O–H groups in total. The molecule has 2 aromatic carbocycles. The minimum absolute atomic E-state index is 0.0674. The number of benzene rings is 2. The average molecular weight is 334 g/mol. The van der Waals surface area contributed by atoms with Crippen LogP contribution in [0.4, 0.5) is 0 Å². The standard InChI is InChI=1S/C21H22N2O2/c1-14(12-13-16-8-4-3-5-9-16)22-21(25)20(24)19-15(2)23-18-11-7-6-10-17(18)19/h3-11,14,23H,12-13H2,1-2H3,(H,22,25)/t14-/m0/s1. The maximum absolute atomic E-state index is 12.6. The Morgan fingerprint density at radius 2 is 1.72 bits per heavy atom. The number of aryl methyl sites for hydroxylation is 2. The smallest absolute Gasteiger partial charge is 0.292 e. The summed E-state index contributed by atoms with van der Waals surface area (Å²) in [4.78, 5) is 28.2. The molecule has 0 spiro atoms. The summed E-state index contributed by atoms with van der Waals surface area (Å²) in [5, 5.41) is 3.62. The van der Waals surface area contributed by atoms with E-state index >= 15 is 0 Å². The lowest BCUT2D eigenvalue weighted by Gasteiger charge is -2.13. The van der Waals surface area contributed by atoms with Crippen molar-refractivity contribution in [3.63, 3.8) is 0 Å². The molecular weight excluding hydrogens is 312 g/mol. The number of aromatic amines is 1. The Hall–Kier alpha value is -2.88. The number of aromatic nitrogens is 1. The van der Waals surface area contributed by atoms with Gasteiger partial charge < -0.3 is 10.3 Å². The number of nitrogens with one attached hydrogen (secondary N) is 2. The van der Waals surface area contributed by atoms with Gasteiger partial charge in [-0.3, -0.25) is 9.59 Å². The lowest BCUT2D eigenvalue weighted by Crippen LogP contribution is -2.38. The third kappa shape index (κ3) is 3.79. The zero-order chi connectivity index (χ0) is 17.8. The molecule has 3 rings (SSSR count). The summed E-state index contributed by atoms with van der Waals surface area (Å²) < 4.78 is 0. The molecule has 0 saturated carbocycles. The highest BCUT2D eigenvalue weighted by Crippen LogP contribution is 2.22. The van der Waals surface area contributed by atoms with Gasteiger partial charge in [0, 0.05) is 22.6 Å². The van der Waals surface area contributed by atoms with Gasteiger partial charge in [0.2, 0.25) is 0 Å². The van der Waals surface area contributed by atoms with Crippen LogP contribution in [0.15, 0.2) is 54.6 Å². The molecule has 0 unspecified atom stereocenters. The fourth-order valence-electron chi connectivity index (χ4n) is 3.07. The number of hydrogen-bond donors (Lipinski definition) is 2. The molecule has 1 aromatic heterocycles. The Morgan fingerprint density at radius 3 is 2.48 bits per heavy atom. The topological polar surface area (TPSA) is 62.0 Å². The predicted molar refractivity (Wildman–Crippen MR) is 99.7 cm³/mol. The van der Waals surface area contributed by atoms with Crippen LogP contribution < -0.4 is 5.32 Å². The van der Waals surface area contributed by atoms with E-state index in [1.165, 1.54) is 5.56 Å². The number of amides is 1. The van der Waals surface area contributed by atoms with Crippen LogP contribution >= 0.6 is 0 Å². The number of ketones is 1. The lowest BCUT2D eigenvalue weighted by molar-refractivity contribution is -0.117. The zero-order valence-electron chi connectivity index (χ0n) is 14.5. The van der Waals surface area contributed by atoms with Gasteiger partial charge >= 0.3 is 0 Å². The van der Waals surface area contributed by atoms with Gasteiger partial charge in [-0.1, -0.05) is 48.5 Å². The number of Topliss-reactive ketones (excluding diaryl/α,β-unsaturated/α-hetero) is 1. The van der Waals surface area contributed by atoms with Crippen molar-refractivity contribution in [3.8, 4) is 0 Å². The summed E-state index contributed by atoms with van der Waals surface area (Å²) in [7, 11) is 0. The number of para-hydroxylation sites is 1.